The fraction of sp³-hybridized carbons (Fsp3) is 0.500. The van der Waals surface area contributed by atoms with E-state index < -0.39 is 10.0 Å². The van der Waals surface area contributed by atoms with Crippen molar-refractivity contribution in [3.63, 3.8) is 0 Å². The Balaban J connectivity index is 1.77. The highest BCUT2D eigenvalue weighted by molar-refractivity contribution is 7.88. The molecular formula is C16H21N3O4S2. The number of piperidine rings is 1. The van der Waals surface area contributed by atoms with Crippen molar-refractivity contribution in [2.45, 2.75) is 32.7 Å². The molecule has 1 N–H and O–H groups in total. The Hall–Kier alpha value is -1.71. The van der Waals surface area contributed by atoms with Crippen LogP contribution in [0.5, 0.6) is 0 Å². The third-order valence-corrected chi connectivity index (χ3v) is 5.95. The Morgan fingerprint density at radius 1 is 1.40 bits per heavy atom. The van der Waals surface area contributed by atoms with Crippen LogP contribution in [-0.4, -0.2) is 49.6 Å². The van der Waals surface area contributed by atoms with Gasteiger partial charge in [0.2, 0.25) is 10.0 Å². The molecule has 1 amide bonds. The van der Waals surface area contributed by atoms with E-state index in [1.807, 2.05) is 19.1 Å². The Labute approximate surface area is 151 Å². The molecule has 7 nitrogen and oxygen atoms in total. The van der Waals surface area contributed by atoms with Gasteiger partial charge in [-0.25, -0.2) is 18.1 Å². The molecule has 0 aromatic carbocycles. The molecule has 0 radical (unpaired) electrons. The van der Waals surface area contributed by atoms with Gasteiger partial charge in [-0.05, 0) is 38.8 Å². The predicted octanol–water partition coefficient (Wildman–Crippen LogP) is 2.17. The van der Waals surface area contributed by atoms with Crippen LogP contribution in [0.25, 0.3) is 10.8 Å². The summed E-state index contributed by atoms with van der Waals surface area (Å²) in [4.78, 5) is 19.6. The fourth-order valence-corrected chi connectivity index (χ4v) is 4.75. The van der Waals surface area contributed by atoms with E-state index in [-0.39, 0.29) is 11.9 Å². The Kier molecular flexibility index (Phi) is 4.99. The number of carbonyl (C=O) groups is 1. The van der Waals surface area contributed by atoms with Gasteiger partial charge in [0.15, 0.2) is 10.8 Å². The van der Waals surface area contributed by atoms with E-state index in [0.717, 1.165) is 24.9 Å². The highest BCUT2D eigenvalue weighted by Gasteiger charge is 2.28. The molecule has 1 atom stereocenters. The lowest BCUT2D eigenvalue weighted by atomic mass is 10.1. The number of carbonyl (C=O) groups excluding carboxylic acids is 1. The lowest BCUT2D eigenvalue weighted by molar-refractivity contribution is 0.0707. The summed E-state index contributed by atoms with van der Waals surface area (Å²) in [5.41, 5.74) is 0.664. The molecule has 1 aliphatic rings. The average molecular weight is 383 g/mol. The van der Waals surface area contributed by atoms with Crippen LogP contribution in [0.15, 0.2) is 16.5 Å². The van der Waals surface area contributed by atoms with Gasteiger partial charge in [-0.2, -0.15) is 0 Å². The van der Waals surface area contributed by atoms with Gasteiger partial charge in [0.05, 0.1) is 11.9 Å². The Morgan fingerprint density at radius 2 is 2.16 bits per heavy atom. The van der Waals surface area contributed by atoms with Crippen LogP contribution in [0.1, 0.15) is 34.0 Å². The van der Waals surface area contributed by atoms with Crippen molar-refractivity contribution in [2.24, 2.45) is 0 Å². The van der Waals surface area contributed by atoms with Crippen LogP contribution in [-0.2, 0) is 10.0 Å². The van der Waals surface area contributed by atoms with Crippen molar-refractivity contribution in [2.75, 3.05) is 19.3 Å². The van der Waals surface area contributed by atoms with E-state index in [4.69, 9.17) is 4.42 Å². The fourth-order valence-electron chi connectivity index (χ4n) is 2.95. The minimum Gasteiger partial charge on any atom is -0.459 e. The first-order valence-electron chi connectivity index (χ1n) is 8.04. The molecule has 3 rings (SSSR count). The standard InChI is InChI=1S/C16H21N3O4S2/c1-10-6-7-13(23-10)15-17-11(2)14(24-15)16(20)19-8-4-5-12(9-19)18-25(3,21)22/h6-7,12,18H,4-5,8-9H2,1-3H3. The van der Waals surface area contributed by atoms with Crippen molar-refractivity contribution in [1.82, 2.24) is 14.6 Å². The predicted molar refractivity (Wildman–Crippen MR) is 96.2 cm³/mol. The van der Waals surface area contributed by atoms with Crippen molar-refractivity contribution in [1.29, 1.82) is 0 Å². The number of hydrogen-bond acceptors (Lipinski definition) is 6. The minimum absolute atomic E-state index is 0.107. The monoisotopic (exact) mass is 383 g/mol. The number of thiazole rings is 1. The first-order chi connectivity index (χ1) is 11.7. The molecule has 0 bridgehead atoms. The zero-order valence-electron chi connectivity index (χ0n) is 14.4. The quantitative estimate of drug-likeness (QED) is 0.873. The second kappa shape index (κ2) is 6.89. The molecule has 136 valence electrons. The average Bonchev–Trinajstić information content (AvgIpc) is 3.11. The van der Waals surface area contributed by atoms with Gasteiger partial charge in [0.1, 0.15) is 10.6 Å². The number of amides is 1. The normalized spacial score (nSPS) is 18.5. The summed E-state index contributed by atoms with van der Waals surface area (Å²) < 4.78 is 31.0. The summed E-state index contributed by atoms with van der Waals surface area (Å²) in [6, 6.07) is 3.46. The molecule has 1 fully saturated rings. The number of nitrogens with one attached hydrogen (secondary N) is 1. The van der Waals surface area contributed by atoms with Gasteiger partial charge in [-0.15, -0.1) is 11.3 Å². The van der Waals surface area contributed by atoms with Gasteiger partial charge in [0, 0.05) is 19.1 Å². The first kappa shape index (κ1) is 18.1. The van der Waals surface area contributed by atoms with Crippen LogP contribution in [0, 0.1) is 13.8 Å². The second-order valence-electron chi connectivity index (χ2n) is 6.32. The summed E-state index contributed by atoms with van der Waals surface area (Å²) >= 11 is 1.31. The lowest BCUT2D eigenvalue weighted by Crippen LogP contribution is -2.49. The molecule has 1 unspecified atom stereocenters. The van der Waals surface area contributed by atoms with E-state index in [9.17, 15) is 13.2 Å². The second-order valence-corrected chi connectivity index (χ2v) is 9.10. The third-order valence-electron chi connectivity index (χ3n) is 4.03. The maximum absolute atomic E-state index is 12.9. The molecule has 0 spiro atoms. The molecule has 2 aromatic rings. The minimum atomic E-state index is -3.29. The van der Waals surface area contributed by atoms with E-state index in [1.165, 1.54) is 11.3 Å². The number of sulfonamides is 1. The lowest BCUT2D eigenvalue weighted by Gasteiger charge is -2.32. The van der Waals surface area contributed by atoms with Crippen LogP contribution in [0.2, 0.25) is 0 Å². The van der Waals surface area contributed by atoms with Crippen molar-refractivity contribution >= 4 is 27.3 Å². The maximum atomic E-state index is 12.9. The summed E-state index contributed by atoms with van der Waals surface area (Å²) in [7, 11) is -3.29. The highest BCUT2D eigenvalue weighted by atomic mass is 32.2. The molecule has 1 aliphatic heterocycles. The van der Waals surface area contributed by atoms with Crippen molar-refractivity contribution < 1.29 is 17.6 Å². The zero-order valence-corrected chi connectivity index (χ0v) is 16.0. The molecule has 9 heteroatoms. The largest absolute Gasteiger partial charge is 0.459 e. The van der Waals surface area contributed by atoms with E-state index in [2.05, 4.69) is 9.71 Å². The SMILES string of the molecule is Cc1ccc(-c2nc(C)c(C(=O)N3CCCC(NS(C)(=O)=O)C3)s2)o1. The zero-order chi connectivity index (χ0) is 18.2. The molecule has 3 heterocycles. The van der Waals surface area contributed by atoms with Crippen LogP contribution in [0.4, 0.5) is 0 Å². The number of aromatic nitrogens is 1. The Bertz CT molecular complexity index is 885. The first-order valence-corrected chi connectivity index (χ1v) is 10.7. The Morgan fingerprint density at radius 3 is 2.80 bits per heavy atom. The molecule has 0 saturated carbocycles. The summed E-state index contributed by atoms with van der Waals surface area (Å²) in [6.07, 6.45) is 2.63. The summed E-state index contributed by atoms with van der Waals surface area (Å²) in [5, 5.41) is 0.678. The summed E-state index contributed by atoms with van der Waals surface area (Å²) in [5.74, 6) is 1.34. The van der Waals surface area contributed by atoms with Crippen molar-refractivity contribution in [3.05, 3.63) is 28.5 Å². The topological polar surface area (TPSA) is 92.5 Å². The molecule has 1 saturated heterocycles. The van der Waals surface area contributed by atoms with Crippen LogP contribution in [0.3, 0.4) is 0 Å². The molecular weight excluding hydrogens is 362 g/mol. The number of nitrogens with zero attached hydrogens (tertiary/aromatic N) is 2. The van der Waals surface area contributed by atoms with Crippen LogP contribution < -0.4 is 4.72 Å². The number of aryl methyl sites for hydroxylation is 2. The number of rotatable bonds is 4. The summed E-state index contributed by atoms with van der Waals surface area (Å²) in [6.45, 7) is 4.66. The maximum Gasteiger partial charge on any atom is 0.265 e. The van der Waals surface area contributed by atoms with Gasteiger partial charge in [0.25, 0.3) is 5.91 Å². The number of likely N-dealkylation sites (tertiary alicyclic amines) is 1. The van der Waals surface area contributed by atoms with Gasteiger partial charge in [-0.3, -0.25) is 4.79 Å². The van der Waals surface area contributed by atoms with Gasteiger partial charge < -0.3 is 9.32 Å². The van der Waals surface area contributed by atoms with E-state index in [0.29, 0.717) is 34.4 Å². The van der Waals surface area contributed by atoms with Gasteiger partial charge in [-0.1, -0.05) is 0 Å². The molecule has 25 heavy (non-hydrogen) atoms. The highest BCUT2D eigenvalue weighted by Crippen LogP contribution is 2.30. The van der Waals surface area contributed by atoms with Crippen LogP contribution >= 0.6 is 11.3 Å². The van der Waals surface area contributed by atoms with E-state index >= 15 is 0 Å². The molecule has 2 aromatic heterocycles. The number of furan rings is 1. The number of hydrogen-bond donors (Lipinski definition) is 1. The van der Waals surface area contributed by atoms with E-state index in [1.54, 1.807) is 11.8 Å². The smallest absolute Gasteiger partial charge is 0.265 e. The third kappa shape index (κ3) is 4.28. The van der Waals surface area contributed by atoms with Gasteiger partial charge >= 0.3 is 0 Å². The van der Waals surface area contributed by atoms with Crippen molar-refractivity contribution in [3.8, 4) is 10.8 Å². The molecule has 0 aliphatic carbocycles.